The highest BCUT2D eigenvalue weighted by molar-refractivity contribution is 5.79. The van der Waals surface area contributed by atoms with Gasteiger partial charge in [-0.3, -0.25) is 4.79 Å². The van der Waals surface area contributed by atoms with Gasteiger partial charge in [-0.15, -0.1) is 0 Å². The highest BCUT2D eigenvalue weighted by atomic mass is 16.5. The van der Waals surface area contributed by atoms with Crippen molar-refractivity contribution in [2.45, 2.75) is 6.61 Å². The van der Waals surface area contributed by atoms with Gasteiger partial charge in [-0.25, -0.2) is 0 Å². The number of carbonyl (C=O) groups is 1. The second-order valence-corrected chi connectivity index (χ2v) is 4.17. The molecule has 0 spiro atoms. The van der Waals surface area contributed by atoms with E-state index in [9.17, 15) is 9.90 Å². The Morgan fingerprint density at radius 2 is 1.95 bits per heavy atom. The van der Waals surface area contributed by atoms with Crippen molar-refractivity contribution in [3.05, 3.63) is 65.2 Å². The summed E-state index contributed by atoms with van der Waals surface area (Å²) in [5, 5.41) is 9.37. The number of benzene rings is 2. The molecule has 0 bridgehead atoms. The van der Waals surface area contributed by atoms with Crippen LogP contribution in [0.4, 0.5) is 0 Å². The molecule has 0 aliphatic heterocycles. The van der Waals surface area contributed by atoms with Crippen LogP contribution in [0.3, 0.4) is 0 Å². The summed E-state index contributed by atoms with van der Waals surface area (Å²) in [4.78, 5) is 10.7. The first-order valence-electron chi connectivity index (χ1n) is 6.18. The molecule has 20 heavy (non-hydrogen) atoms. The molecule has 2 aromatic rings. The van der Waals surface area contributed by atoms with Gasteiger partial charge in [-0.2, -0.15) is 0 Å². The maximum atomic E-state index is 10.7. The molecule has 0 aliphatic carbocycles. The van der Waals surface area contributed by atoms with Crippen molar-refractivity contribution < 1.29 is 14.6 Å². The van der Waals surface area contributed by atoms with Gasteiger partial charge in [0.15, 0.2) is 6.29 Å². The topological polar surface area (TPSA) is 46.5 Å². The van der Waals surface area contributed by atoms with Crippen LogP contribution in [0.25, 0.3) is 0 Å². The average molecular weight is 266 g/mol. The molecule has 0 atom stereocenters. The first-order valence-corrected chi connectivity index (χ1v) is 6.18. The number of hydrogen-bond donors (Lipinski definition) is 1. The maximum Gasteiger partial charge on any atom is 0.153 e. The third-order valence-corrected chi connectivity index (χ3v) is 2.67. The average Bonchev–Trinajstić information content (AvgIpc) is 2.49. The zero-order valence-corrected chi connectivity index (χ0v) is 10.9. The van der Waals surface area contributed by atoms with Crippen molar-refractivity contribution in [3.8, 4) is 17.6 Å². The summed E-state index contributed by atoms with van der Waals surface area (Å²) in [7, 11) is 0. The maximum absolute atomic E-state index is 10.7. The van der Waals surface area contributed by atoms with Gasteiger partial charge < -0.3 is 9.84 Å². The predicted octanol–water partition coefficient (Wildman–Crippen LogP) is 2.77. The van der Waals surface area contributed by atoms with Gasteiger partial charge in [-0.05, 0) is 23.8 Å². The van der Waals surface area contributed by atoms with E-state index in [0.29, 0.717) is 25.1 Å². The van der Waals surface area contributed by atoms with Crippen LogP contribution in [0.15, 0.2) is 48.5 Å². The molecule has 0 saturated carbocycles. The van der Waals surface area contributed by atoms with Gasteiger partial charge in [-0.1, -0.05) is 42.2 Å². The Morgan fingerprint density at radius 3 is 2.70 bits per heavy atom. The van der Waals surface area contributed by atoms with E-state index in [1.54, 1.807) is 12.1 Å². The number of aromatic hydroxyl groups is 1. The quantitative estimate of drug-likeness (QED) is 0.526. The Hall–Kier alpha value is -2.57. The second kappa shape index (κ2) is 7.13. The fourth-order valence-electron chi connectivity index (χ4n) is 1.66. The summed E-state index contributed by atoms with van der Waals surface area (Å²) < 4.78 is 5.43. The van der Waals surface area contributed by atoms with E-state index in [1.165, 1.54) is 6.07 Å². The summed E-state index contributed by atoms with van der Waals surface area (Å²) in [5.74, 6) is 5.72. The summed E-state index contributed by atoms with van der Waals surface area (Å²) in [6.07, 6.45) is 0.604. The van der Waals surface area contributed by atoms with E-state index in [2.05, 4.69) is 11.8 Å². The van der Waals surface area contributed by atoms with Crippen LogP contribution in [0, 0.1) is 11.8 Å². The molecule has 100 valence electrons. The first kappa shape index (κ1) is 13.9. The minimum atomic E-state index is -0.0362. The SMILES string of the molecule is O=Cc1cc(C#CCOCc2ccccc2)ccc1O. The molecule has 0 saturated heterocycles. The Bertz CT molecular complexity index is 636. The van der Waals surface area contributed by atoms with E-state index in [1.807, 2.05) is 30.3 Å². The molecular formula is C17H14O3. The molecule has 0 radical (unpaired) electrons. The number of hydrogen-bond acceptors (Lipinski definition) is 3. The minimum absolute atomic E-state index is 0.0362. The van der Waals surface area contributed by atoms with Crippen LogP contribution in [-0.2, 0) is 11.3 Å². The molecule has 1 N–H and O–H groups in total. The second-order valence-electron chi connectivity index (χ2n) is 4.17. The molecule has 2 rings (SSSR count). The van der Waals surface area contributed by atoms with Gasteiger partial charge >= 0.3 is 0 Å². The van der Waals surface area contributed by atoms with Crippen molar-refractivity contribution in [2.24, 2.45) is 0 Å². The highest BCUT2D eigenvalue weighted by Gasteiger charge is 1.99. The van der Waals surface area contributed by atoms with Crippen molar-refractivity contribution >= 4 is 6.29 Å². The molecule has 0 heterocycles. The fraction of sp³-hybridized carbons (Fsp3) is 0.118. The lowest BCUT2D eigenvalue weighted by atomic mass is 10.1. The lowest BCUT2D eigenvalue weighted by Crippen LogP contribution is -1.92. The summed E-state index contributed by atoms with van der Waals surface area (Å²) >= 11 is 0. The zero-order valence-electron chi connectivity index (χ0n) is 10.9. The Morgan fingerprint density at radius 1 is 1.15 bits per heavy atom. The third kappa shape index (κ3) is 3.98. The van der Waals surface area contributed by atoms with Crippen LogP contribution in [-0.4, -0.2) is 18.0 Å². The monoisotopic (exact) mass is 266 g/mol. The lowest BCUT2D eigenvalue weighted by Gasteiger charge is -1.99. The standard InChI is InChI=1S/C17H14O3/c18-12-16-11-14(8-9-17(16)19)7-4-10-20-13-15-5-2-1-3-6-15/h1-3,5-6,8-9,11-12,19H,10,13H2. The Kier molecular flexibility index (Phi) is 4.94. The predicted molar refractivity (Wildman–Crippen MR) is 76.5 cm³/mol. The van der Waals surface area contributed by atoms with Crippen LogP contribution in [0.1, 0.15) is 21.5 Å². The van der Waals surface area contributed by atoms with Crippen LogP contribution in [0.5, 0.6) is 5.75 Å². The molecule has 0 unspecified atom stereocenters. The Balaban J connectivity index is 1.87. The third-order valence-electron chi connectivity index (χ3n) is 2.67. The number of phenols is 1. The molecule has 0 aromatic heterocycles. The molecular weight excluding hydrogens is 252 g/mol. The van der Waals surface area contributed by atoms with E-state index in [-0.39, 0.29) is 11.3 Å². The van der Waals surface area contributed by atoms with Crippen molar-refractivity contribution in [1.82, 2.24) is 0 Å². The molecule has 0 fully saturated rings. The Labute approximate surface area is 117 Å². The molecule has 0 amide bonds. The van der Waals surface area contributed by atoms with Crippen molar-refractivity contribution in [1.29, 1.82) is 0 Å². The number of phenolic OH excluding ortho intramolecular Hbond substituents is 1. The lowest BCUT2D eigenvalue weighted by molar-refractivity contribution is 0.112. The van der Waals surface area contributed by atoms with Gasteiger partial charge in [0.25, 0.3) is 0 Å². The van der Waals surface area contributed by atoms with E-state index >= 15 is 0 Å². The number of aldehydes is 1. The fourth-order valence-corrected chi connectivity index (χ4v) is 1.66. The molecule has 3 nitrogen and oxygen atoms in total. The van der Waals surface area contributed by atoms with Gasteiger partial charge in [0.2, 0.25) is 0 Å². The summed E-state index contributed by atoms with van der Waals surface area (Å²) in [6.45, 7) is 0.830. The smallest absolute Gasteiger partial charge is 0.153 e. The van der Waals surface area contributed by atoms with Crippen LogP contribution < -0.4 is 0 Å². The molecule has 2 aromatic carbocycles. The molecule has 0 aliphatic rings. The van der Waals surface area contributed by atoms with E-state index in [4.69, 9.17) is 4.74 Å². The number of rotatable bonds is 4. The van der Waals surface area contributed by atoms with Crippen molar-refractivity contribution in [3.63, 3.8) is 0 Å². The summed E-state index contributed by atoms with van der Waals surface area (Å²) in [6, 6.07) is 14.5. The first-order chi connectivity index (χ1) is 9.79. The van der Waals surface area contributed by atoms with Gasteiger partial charge in [0.1, 0.15) is 12.4 Å². The number of ether oxygens (including phenoxy) is 1. The van der Waals surface area contributed by atoms with E-state index < -0.39 is 0 Å². The summed E-state index contributed by atoms with van der Waals surface area (Å²) in [5.41, 5.74) is 2.01. The van der Waals surface area contributed by atoms with Crippen molar-refractivity contribution in [2.75, 3.05) is 6.61 Å². The largest absolute Gasteiger partial charge is 0.507 e. The van der Waals surface area contributed by atoms with Crippen LogP contribution >= 0.6 is 0 Å². The minimum Gasteiger partial charge on any atom is -0.507 e. The number of carbonyl (C=O) groups excluding carboxylic acids is 1. The van der Waals surface area contributed by atoms with E-state index in [0.717, 1.165) is 5.56 Å². The molecule has 3 heteroatoms. The highest BCUT2D eigenvalue weighted by Crippen LogP contribution is 2.15. The van der Waals surface area contributed by atoms with Gasteiger partial charge in [0, 0.05) is 5.56 Å². The normalized spacial score (nSPS) is 9.60. The zero-order chi connectivity index (χ0) is 14.2. The van der Waals surface area contributed by atoms with Crippen LogP contribution in [0.2, 0.25) is 0 Å². The van der Waals surface area contributed by atoms with Gasteiger partial charge in [0.05, 0.1) is 12.2 Å².